The number of amides is 2. The first-order valence-electron chi connectivity index (χ1n) is 7.60. The van der Waals surface area contributed by atoms with E-state index in [9.17, 15) is 9.00 Å². The lowest BCUT2D eigenvalue weighted by atomic mass is 10.1. The molecule has 0 radical (unpaired) electrons. The van der Waals surface area contributed by atoms with Gasteiger partial charge in [0.1, 0.15) is 0 Å². The Morgan fingerprint density at radius 1 is 1.30 bits per heavy atom. The van der Waals surface area contributed by atoms with Gasteiger partial charge in [0.15, 0.2) is 11.5 Å². The van der Waals surface area contributed by atoms with Crippen LogP contribution in [0.5, 0.6) is 11.5 Å². The summed E-state index contributed by atoms with van der Waals surface area (Å²) in [5, 5.41) is 5.59. The average Bonchev–Trinajstić information content (AvgIpc) is 2.93. The van der Waals surface area contributed by atoms with Crippen LogP contribution >= 0.6 is 0 Å². The summed E-state index contributed by atoms with van der Waals surface area (Å²) in [6, 6.07) is 5.15. The maximum Gasteiger partial charge on any atom is 0.315 e. The maximum absolute atomic E-state index is 11.9. The summed E-state index contributed by atoms with van der Waals surface area (Å²) in [6.07, 6.45) is 0. The van der Waals surface area contributed by atoms with Gasteiger partial charge in [0.05, 0.1) is 6.04 Å². The van der Waals surface area contributed by atoms with Crippen LogP contribution in [0, 0.1) is 0 Å². The molecular weight excluding hydrogens is 316 g/mol. The predicted octanol–water partition coefficient (Wildman–Crippen LogP) is 2.32. The second-order valence-corrected chi connectivity index (χ2v) is 8.72. The minimum absolute atomic E-state index is 0.169. The summed E-state index contributed by atoms with van der Waals surface area (Å²) in [4.78, 5) is 11.9. The van der Waals surface area contributed by atoms with Gasteiger partial charge in [-0.15, -0.1) is 0 Å². The molecule has 0 fully saturated rings. The van der Waals surface area contributed by atoms with Crippen molar-refractivity contribution in [3.8, 4) is 11.5 Å². The molecule has 0 spiro atoms. The number of hydrogen-bond acceptors (Lipinski definition) is 4. The minimum Gasteiger partial charge on any atom is -0.454 e. The number of hydrogen-bond donors (Lipinski definition) is 2. The Labute approximate surface area is 139 Å². The van der Waals surface area contributed by atoms with Crippen LogP contribution in [0.15, 0.2) is 18.2 Å². The Kier molecular flexibility index (Phi) is 5.51. The van der Waals surface area contributed by atoms with Crippen LogP contribution < -0.4 is 20.1 Å². The van der Waals surface area contributed by atoms with E-state index >= 15 is 0 Å². The molecule has 23 heavy (non-hydrogen) atoms. The predicted molar refractivity (Wildman–Crippen MR) is 90.3 cm³/mol. The summed E-state index contributed by atoms with van der Waals surface area (Å²) in [5.41, 5.74) is 0.933. The fraction of sp³-hybridized carbons (Fsp3) is 0.562. The SMILES string of the molecule is CC(NC(=O)NCCS(=O)C(C)(C)C)c1ccc2c(c1)OCO2. The van der Waals surface area contributed by atoms with Gasteiger partial charge < -0.3 is 20.1 Å². The minimum atomic E-state index is -0.975. The Balaban J connectivity index is 1.80. The molecule has 1 aromatic carbocycles. The van der Waals surface area contributed by atoms with Gasteiger partial charge in [0, 0.05) is 27.8 Å². The molecule has 0 aliphatic carbocycles. The number of urea groups is 1. The average molecular weight is 340 g/mol. The van der Waals surface area contributed by atoms with Gasteiger partial charge in [-0.3, -0.25) is 4.21 Å². The standard InChI is InChI=1S/C16H24N2O4S/c1-11(12-5-6-13-14(9-12)22-10-21-13)18-15(19)17-7-8-23(20)16(2,3)4/h5-6,9,11H,7-8,10H2,1-4H3,(H2,17,18,19). The number of ether oxygens (including phenoxy) is 2. The molecule has 1 aromatic rings. The third kappa shape index (κ3) is 4.86. The highest BCUT2D eigenvalue weighted by molar-refractivity contribution is 7.86. The monoisotopic (exact) mass is 340 g/mol. The zero-order valence-corrected chi connectivity index (χ0v) is 14.8. The quantitative estimate of drug-likeness (QED) is 0.862. The molecule has 2 rings (SSSR count). The molecule has 1 aliphatic heterocycles. The summed E-state index contributed by atoms with van der Waals surface area (Å²) in [7, 11) is -0.975. The molecule has 1 aliphatic rings. The van der Waals surface area contributed by atoms with E-state index in [1.807, 2.05) is 45.9 Å². The van der Waals surface area contributed by atoms with Crippen molar-refractivity contribution in [1.82, 2.24) is 10.6 Å². The topological polar surface area (TPSA) is 76.7 Å². The van der Waals surface area contributed by atoms with Crippen molar-refractivity contribution < 1.29 is 18.5 Å². The zero-order valence-electron chi connectivity index (χ0n) is 14.0. The third-order valence-corrected chi connectivity index (χ3v) is 5.44. The van der Waals surface area contributed by atoms with Crippen molar-refractivity contribution >= 4 is 16.8 Å². The van der Waals surface area contributed by atoms with Crippen molar-refractivity contribution in [3.05, 3.63) is 23.8 Å². The second-order valence-electron chi connectivity index (χ2n) is 6.40. The smallest absolute Gasteiger partial charge is 0.315 e. The number of rotatable bonds is 5. The molecule has 2 atom stereocenters. The Morgan fingerprint density at radius 2 is 2.00 bits per heavy atom. The summed E-state index contributed by atoms with van der Waals surface area (Å²) < 4.78 is 22.2. The molecule has 0 aromatic heterocycles. The number of carbonyl (C=O) groups excluding carboxylic acids is 1. The molecule has 1 heterocycles. The lowest BCUT2D eigenvalue weighted by Gasteiger charge is -2.18. The van der Waals surface area contributed by atoms with Crippen LogP contribution in [-0.4, -0.2) is 34.1 Å². The van der Waals surface area contributed by atoms with Crippen molar-refractivity contribution in [3.63, 3.8) is 0 Å². The Bertz CT molecular complexity index is 598. The molecular formula is C16H24N2O4S. The number of benzene rings is 1. The van der Waals surface area contributed by atoms with E-state index in [-0.39, 0.29) is 23.6 Å². The van der Waals surface area contributed by atoms with Crippen LogP contribution in [0.3, 0.4) is 0 Å². The van der Waals surface area contributed by atoms with Crippen molar-refractivity contribution in [1.29, 1.82) is 0 Å². The van der Waals surface area contributed by atoms with Gasteiger partial charge in [-0.1, -0.05) is 6.07 Å². The largest absolute Gasteiger partial charge is 0.454 e. The Hall–Kier alpha value is -1.76. The van der Waals surface area contributed by atoms with Crippen molar-refractivity contribution in [2.75, 3.05) is 19.1 Å². The van der Waals surface area contributed by atoms with E-state index < -0.39 is 10.8 Å². The van der Waals surface area contributed by atoms with Crippen molar-refractivity contribution in [2.24, 2.45) is 0 Å². The lowest BCUT2D eigenvalue weighted by molar-refractivity contribution is 0.174. The fourth-order valence-corrected chi connectivity index (χ4v) is 2.98. The van der Waals surface area contributed by atoms with Crippen LogP contribution in [0.25, 0.3) is 0 Å². The van der Waals surface area contributed by atoms with Gasteiger partial charge >= 0.3 is 6.03 Å². The third-order valence-electron chi connectivity index (χ3n) is 3.50. The van der Waals surface area contributed by atoms with Gasteiger partial charge in [0.25, 0.3) is 0 Å². The van der Waals surface area contributed by atoms with Gasteiger partial charge in [-0.25, -0.2) is 4.79 Å². The molecule has 128 valence electrons. The van der Waals surface area contributed by atoms with Crippen LogP contribution in [0.1, 0.15) is 39.3 Å². The molecule has 6 nitrogen and oxygen atoms in total. The first-order valence-corrected chi connectivity index (χ1v) is 8.91. The highest BCUT2D eigenvalue weighted by Gasteiger charge is 2.19. The molecule has 0 bridgehead atoms. The van der Waals surface area contributed by atoms with E-state index in [1.54, 1.807) is 0 Å². The number of carbonyl (C=O) groups is 1. The highest BCUT2D eigenvalue weighted by Crippen LogP contribution is 2.34. The van der Waals surface area contributed by atoms with Gasteiger partial charge in [0.2, 0.25) is 6.79 Å². The molecule has 0 saturated heterocycles. The van der Waals surface area contributed by atoms with Crippen LogP contribution in [0.2, 0.25) is 0 Å². The van der Waals surface area contributed by atoms with Crippen LogP contribution in [-0.2, 0) is 10.8 Å². The molecule has 0 saturated carbocycles. The molecule has 2 unspecified atom stereocenters. The number of nitrogens with one attached hydrogen (secondary N) is 2. The van der Waals surface area contributed by atoms with E-state index in [2.05, 4.69) is 10.6 Å². The fourth-order valence-electron chi connectivity index (χ4n) is 2.08. The molecule has 7 heteroatoms. The summed E-state index contributed by atoms with van der Waals surface area (Å²) in [5.74, 6) is 1.85. The van der Waals surface area contributed by atoms with E-state index in [0.717, 1.165) is 11.3 Å². The maximum atomic E-state index is 11.9. The number of fused-ring (bicyclic) bond motifs is 1. The second kappa shape index (κ2) is 7.21. The Morgan fingerprint density at radius 3 is 2.70 bits per heavy atom. The lowest BCUT2D eigenvalue weighted by Crippen LogP contribution is -2.40. The van der Waals surface area contributed by atoms with Gasteiger partial charge in [-0.2, -0.15) is 0 Å². The summed E-state index contributed by atoms with van der Waals surface area (Å²) >= 11 is 0. The van der Waals surface area contributed by atoms with Crippen LogP contribution in [0.4, 0.5) is 4.79 Å². The molecule has 2 N–H and O–H groups in total. The highest BCUT2D eigenvalue weighted by atomic mass is 32.2. The molecule has 2 amide bonds. The van der Waals surface area contributed by atoms with Gasteiger partial charge in [-0.05, 0) is 45.4 Å². The first-order chi connectivity index (χ1) is 10.8. The summed E-state index contributed by atoms with van der Waals surface area (Å²) in [6.45, 7) is 8.26. The van der Waals surface area contributed by atoms with E-state index in [4.69, 9.17) is 9.47 Å². The zero-order chi connectivity index (χ0) is 17.0. The normalized spacial score (nSPS) is 15.8. The first kappa shape index (κ1) is 17.6. The van der Waals surface area contributed by atoms with Crippen molar-refractivity contribution in [2.45, 2.75) is 38.5 Å². The van der Waals surface area contributed by atoms with E-state index in [0.29, 0.717) is 18.0 Å². The van der Waals surface area contributed by atoms with E-state index in [1.165, 1.54) is 0 Å².